The summed E-state index contributed by atoms with van der Waals surface area (Å²) in [5, 5.41) is 9.56. The summed E-state index contributed by atoms with van der Waals surface area (Å²) < 4.78 is 10.7. The van der Waals surface area contributed by atoms with E-state index in [4.69, 9.17) is 21.1 Å². The summed E-state index contributed by atoms with van der Waals surface area (Å²) in [6, 6.07) is 17.7. The molecular formula is C30H29ClN4O6. The van der Waals surface area contributed by atoms with Gasteiger partial charge in [-0.2, -0.15) is 5.10 Å². The summed E-state index contributed by atoms with van der Waals surface area (Å²) >= 11 is 6.06. The molecule has 0 aromatic heterocycles. The minimum absolute atomic E-state index is 0.0970. The van der Waals surface area contributed by atoms with E-state index in [0.717, 1.165) is 32.1 Å². The van der Waals surface area contributed by atoms with Gasteiger partial charge < -0.3 is 20.1 Å². The molecule has 10 nitrogen and oxygen atoms in total. The Morgan fingerprint density at radius 2 is 1.59 bits per heavy atom. The number of nitrogens with one attached hydrogen (secondary N) is 3. The van der Waals surface area contributed by atoms with Crippen LogP contribution in [0.15, 0.2) is 71.8 Å². The van der Waals surface area contributed by atoms with E-state index in [2.05, 4.69) is 21.2 Å². The zero-order valence-corrected chi connectivity index (χ0v) is 23.1. The van der Waals surface area contributed by atoms with Crippen LogP contribution in [0.25, 0.3) is 0 Å². The van der Waals surface area contributed by atoms with Crippen molar-refractivity contribution in [3.63, 3.8) is 0 Å². The standard InChI is InChI=1S/C30H29ClN4O6/c1-40-26-17-19(15-16-25(26)41-30(39)21-11-5-7-13-23(21)31)18-32-35-29(38)28(37)34-24-14-8-6-12-22(24)27(36)33-20-9-3-2-4-10-20/h5-8,11-18,20H,2-4,9-10H2,1H3,(H,33,36)(H,34,37)(H,35,38). The number of para-hydroxylation sites is 1. The Hall–Kier alpha value is -4.70. The van der Waals surface area contributed by atoms with Crippen molar-refractivity contribution in [1.82, 2.24) is 10.7 Å². The molecular weight excluding hydrogens is 548 g/mol. The number of anilines is 1. The molecule has 1 aliphatic rings. The third-order valence-corrected chi connectivity index (χ3v) is 6.76. The highest BCUT2D eigenvalue weighted by Crippen LogP contribution is 2.29. The van der Waals surface area contributed by atoms with E-state index in [9.17, 15) is 19.2 Å². The SMILES string of the molecule is COc1cc(C=NNC(=O)C(=O)Nc2ccccc2C(=O)NC2CCCCC2)ccc1OC(=O)c1ccccc1Cl. The number of hydrogen-bond donors (Lipinski definition) is 3. The monoisotopic (exact) mass is 576 g/mol. The summed E-state index contributed by atoms with van der Waals surface area (Å²) in [5.41, 5.74) is 3.34. The predicted octanol–water partition coefficient (Wildman–Crippen LogP) is 4.72. The van der Waals surface area contributed by atoms with E-state index in [1.165, 1.54) is 25.5 Å². The Bertz CT molecular complexity index is 1470. The fourth-order valence-electron chi connectivity index (χ4n) is 4.33. The number of carbonyl (C=O) groups is 4. The van der Waals surface area contributed by atoms with Gasteiger partial charge in [0.05, 0.1) is 35.2 Å². The molecule has 0 bridgehead atoms. The molecule has 41 heavy (non-hydrogen) atoms. The summed E-state index contributed by atoms with van der Waals surface area (Å²) in [5.74, 6) is -2.58. The van der Waals surface area contributed by atoms with Gasteiger partial charge in [0.25, 0.3) is 5.91 Å². The lowest BCUT2D eigenvalue weighted by molar-refractivity contribution is -0.136. The van der Waals surface area contributed by atoms with Gasteiger partial charge in [-0.15, -0.1) is 0 Å². The predicted molar refractivity (Wildman–Crippen MR) is 155 cm³/mol. The lowest BCUT2D eigenvalue weighted by Gasteiger charge is -2.23. The Balaban J connectivity index is 1.34. The first kappa shape index (κ1) is 29.3. The maximum Gasteiger partial charge on any atom is 0.345 e. The maximum atomic E-state index is 12.8. The van der Waals surface area contributed by atoms with Crippen molar-refractivity contribution in [3.8, 4) is 11.5 Å². The number of benzene rings is 3. The molecule has 1 aliphatic carbocycles. The van der Waals surface area contributed by atoms with E-state index < -0.39 is 17.8 Å². The number of esters is 1. The fraction of sp³-hybridized carbons (Fsp3) is 0.233. The first-order chi connectivity index (χ1) is 19.9. The van der Waals surface area contributed by atoms with E-state index in [1.807, 2.05) is 0 Å². The molecule has 3 aromatic rings. The Labute approximate surface area is 242 Å². The molecule has 0 saturated heterocycles. The number of carbonyl (C=O) groups excluding carboxylic acids is 4. The van der Waals surface area contributed by atoms with Crippen molar-refractivity contribution < 1.29 is 28.7 Å². The molecule has 11 heteroatoms. The molecule has 0 spiro atoms. The molecule has 1 saturated carbocycles. The molecule has 3 N–H and O–H groups in total. The van der Waals surface area contributed by atoms with Gasteiger partial charge in [0.2, 0.25) is 0 Å². The van der Waals surface area contributed by atoms with Crippen LogP contribution < -0.4 is 25.5 Å². The molecule has 0 heterocycles. The summed E-state index contributed by atoms with van der Waals surface area (Å²) in [4.78, 5) is 50.2. The average Bonchev–Trinajstić information content (AvgIpc) is 2.98. The first-order valence-corrected chi connectivity index (χ1v) is 13.4. The molecule has 3 amide bonds. The van der Waals surface area contributed by atoms with Crippen LogP contribution in [0.5, 0.6) is 11.5 Å². The largest absolute Gasteiger partial charge is 0.493 e. The average molecular weight is 577 g/mol. The fourth-order valence-corrected chi connectivity index (χ4v) is 4.54. The van der Waals surface area contributed by atoms with Gasteiger partial charge in [0, 0.05) is 6.04 Å². The lowest BCUT2D eigenvalue weighted by Crippen LogP contribution is -2.37. The lowest BCUT2D eigenvalue weighted by atomic mass is 9.95. The van der Waals surface area contributed by atoms with Gasteiger partial charge in [0.15, 0.2) is 11.5 Å². The smallest absolute Gasteiger partial charge is 0.345 e. The minimum atomic E-state index is -1.03. The van der Waals surface area contributed by atoms with Crippen molar-refractivity contribution in [1.29, 1.82) is 0 Å². The number of methoxy groups -OCH3 is 1. The third-order valence-electron chi connectivity index (χ3n) is 6.43. The second kappa shape index (κ2) is 14.1. The van der Waals surface area contributed by atoms with E-state index >= 15 is 0 Å². The second-order valence-corrected chi connectivity index (χ2v) is 9.69. The van der Waals surface area contributed by atoms with Crippen LogP contribution in [0.1, 0.15) is 58.4 Å². The third kappa shape index (κ3) is 7.92. The van der Waals surface area contributed by atoms with Gasteiger partial charge in [-0.1, -0.05) is 55.1 Å². The number of hydrogen-bond acceptors (Lipinski definition) is 7. The quantitative estimate of drug-likeness (QED) is 0.117. The Morgan fingerprint density at radius 3 is 2.32 bits per heavy atom. The summed E-state index contributed by atoms with van der Waals surface area (Å²) in [7, 11) is 1.41. The van der Waals surface area contributed by atoms with Crippen LogP contribution in [0.2, 0.25) is 5.02 Å². The van der Waals surface area contributed by atoms with Crippen LogP contribution >= 0.6 is 11.6 Å². The highest BCUT2D eigenvalue weighted by Gasteiger charge is 2.21. The molecule has 1 fully saturated rings. The van der Waals surface area contributed by atoms with Gasteiger partial charge in [-0.05, 0) is 60.9 Å². The van der Waals surface area contributed by atoms with Crippen molar-refractivity contribution in [2.24, 2.45) is 5.10 Å². The van der Waals surface area contributed by atoms with Crippen molar-refractivity contribution in [2.75, 3.05) is 12.4 Å². The van der Waals surface area contributed by atoms with Gasteiger partial charge in [0.1, 0.15) is 0 Å². The number of halogens is 1. The molecule has 0 atom stereocenters. The van der Waals surface area contributed by atoms with Crippen LogP contribution in [0.4, 0.5) is 5.69 Å². The molecule has 0 aliphatic heterocycles. The number of ether oxygens (including phenoxy) is 2. The van der Waals surface area contributed by atoms with E-state index in [-0.39, 0.29) is 45.3 Å². The van der Waals surface area contributed by atoms with Crippen LogP contribution in [-0.2, 0) is 9.59 Å². The van der Waals surface area contributed by atoms with Gasteiger partial charge in [-0.25, -0.2) is 10.2 Å². The van der Waals surface area contributed by atoms with Gasteiger partial charge >= 0.3 is 17.8 Å². The van der Waals surface area contributed by atoms with Crippen LogP contribution in [0.3, 0.4) is 0 Å². The van der Waals surface area contributed by atoms with E-state index in [0.29, 0.717) is 5.56 Å². The summed E-state index contributed by atoms with van der Waals surface area (Å²) in [6.07, 6.45) is 6.43. The second-order valence-electron chi connectivity index (χ2n) is 9.29. The molecule has 0 unspecified atom stereocenters. The zero-order chi connectivity index (χ0) is 29.2. The molecule has 212 valence electrons. The number of rotatable bonds is 8. The first-order valence-electron chi connectivity index (χ1n) is 13.0. The zero-order valence-electron chi connectivity index (χ0n) is 22.3. The normalized spacial score (nSPS) is 13.3. The van der Waals surface area contributed by atoms with E-state index in [1.54, 1.807) is 54.6 Å². The maximum absolute atomic E-state index is 12.8. The van der Waals surface area contributed by atoms with Crippen molar-refractivity contribution in [2.45, 2.75) is 38.1 Å². The highest BCUT2D eigenvalue weighted by molar-refractivity contribution is 6.40. The topological polar surface area (TPSA) is 135 Å². The number of hydrazone groups is 1. The molecule has 3 aromatic carbocycles. The van der Waals surface area contributed by atoms with Crippen molar-refractivity contribution >= 4 is 47.2 Å². The van der Waals surface area contributed by atoms with Gasteiger partial charge in [-0.3, -0.25) is 14.4 Å². The Kier molecular flexibility index (Phi) is 10.1. The number of nitrogens with zero attached hydrogens (tertiary/aromatic N) is 1. The highest BCUT2D eigenvalue weighted by atomic mass is 35.5. The van der Waals surface area contributed by atoms with Crippen molar-refractivity contribution in [3.05, 3.63) is 88.4 Å². The molecule has 0 radical (unpaired) electrons. The molecule has 4 rings (SSSR count). The Morgan fingerprint density at radius 1 is 0.878 bits per heavy atom. The number of amides is 3. The minimum Gasteiger partial charge on any atom is -0.493 e. The van der Waals surface area contributed by atoms with Crippen LogP contribution in [-0.4, -0.2) is 43.1 Å². The summed E-state index contributed by atoms with van der Waals surface area (Å²) in [6.45, 7) is 0. The van der Waals surface area contributed by atoms with Crippen LogP contribution in [0, 0.1) is 0 Å².